The molecule has 0 saturated carbocycles. The number of hydrogen-bond acceptors (Lipinski definition) is 1. The van der Waals surface area contributed by atoms with Crippen molar-refractivity contribution >= 4 is 11.6 Å². The third-order valence-corrected chi connectivity index (χ3v) is 2.54. The molecule has 0 aliphatic rings. The Balaban J connectivity index is 2.49. The molecule has 2 aromatic rings. The van der Waals surface area contributed by atoms with Gasteiger partial charge in [-0.25, -0.2) is 13.5 Å². The van der Waals surface area contributed by atoms with Crippen molar-refractivity contribution in [2.75, 3.05) is 0 Å². The highest BCUT2D eigenvalue weighted by atomic mass is 35.5. The molecule has 84 valence electrons. The Morgan fingerprint density at radius 2 is 1.88 bits per heavy atom. The molecule has 0 bridgehead atoms. The van der Waals surface area contributed by atoms with Crippen LogP contribution >= 0.6 is 11.6 Å². The van der Waals surface area contributed by atoms with E-state index in [1.165, 1.54) is 16.8 Å². The topological polar surface area (TPSA) is 17.8 Å². The van der Waals surface area contributed by atoms with Gasteiger partial charge in [0.2, 0.25) is 0 Å². The van der Waals surface area contributed by atoms with E-state index < -0.39 is 11.6 Å². The maximum atomic E-state index is 13.0. The van der Waals surface area contributed by atoms with E-state index in [1.807, 2.05) is 0 Å². The lowest BCUT2D eigenvalue weighted by Crippen LogP contribution is -1.96. The summed E-state index contributed by atoms with van der Waals surface area (Å²) in [5.74, 6) is -0.935. The number of rotatable bonds is 2. The van der Waals surface area contributed by atoms with Crippen molar-refractivity contribution in [2.45, 2.75) is 12.8 Å². The van der Waals surface area contributed by atoms with Crippen LogP contribution < -0.4 is 0 Å². The fourth-order valence-corrected chi connectivity index (χ4v) is 1.69. The predicted octanol–water partition coefficient (Wildman–Crippen LogP) is 3.20. The van der Waals surface area contributed by atoms with Crippen LogP contribution in [-0.2, 0) is 5.88 Å². The van der Waals surface area contributed by atoms with Gasteiger partial charge in [0.25, 0.3) is 0 Å². The number of aromatic nitrogens is 2. The summed E-state index contributed by atoms with van der Waals surface area (Å²) in [6, 6.07) is 3.25. The third-order valence-electron chi connectivity index (χ3n) is 2.26. The van der Waals surface area contributed by atoms with E-state index in [1.54, 1.807) is 13.1 Å². The van der Waals surface area contributed by atoms with Gasteiger partial charge < -0.3 is 0 Å². The van der Waals surface area contributed by atoms with Gasteiger partial charge in [0.15, 0.2) is 0 Å². The van der Waals surface area contributed by atoms with Crippen LogP contribution in [-0.4, -0.2) is 9.78 Å². The molecule has 0 aliphatic carbocycles. The first-order chi connectivity index (χ1) is 7.60. The Bertz CT molecular complexity index is 502. The van der Waals surface area contributed by atoms with Crippen molar-refractivity contribution in [2.24, 2.45) is 0 Å². The minimum absolute atomic E-state index is 0.323. The van der Waals surface area contributed by atoms with Crippen LogP contribution in [0.1, 0.15) is 11.3 Å². The van der Waals surface area contributed by atoms with E-state index in [0.29, 0.717) is 11.6 Å². The summed E-state index contributed by atoms with van der Waals surface area (Å²) in [7, 11) is 0. The first kappa shape index (κ1) is 11.1. The molecule has 2 nitrogen and oxygen atoms in total. The van der Waals surface area contributed by atoms with Crippen LogP contribution in [0.4, 0.5) is 8.78 Å². The number of nitrogens with zero attached hydrogens (tertiary/aromatic N) is 2. The third kappa shape index (κ3) is 2.07. The second kappa shape index (κ2) is 4.22. The standard InChI is InChI=1S/C11H9ClF2N2/c1-7-8(5-12)6-16(15-7)11-3-9(13)2-10(14)4-11/h2-4,6H,5H2,1H3. The Kier molecular flexibility index (Phi) is 2.92. The van der Waals surface area contributed by atoms with Crippen molar-refractivity contribution in [1.29, 1.82) is 0 Å². The largest absolute Gasteiger partial charge is 0.240 e. The van der Waals surface area contributed by atoms with E-state index in [0.717, 1.165) is 17.3 Å². The zero-order chi connectivity index (χ0) is 11.7. The molecule has 0 aliphatic heterocycles. The van der Waals surface area contributed by atoms with Gasteiger partial charge >= 0.3 is 0 Å². The quantitative estimate of drug-likeness (QED) is 0.740. The first-order valence-electron chi connectivity index (χ1n) is 4.67. The molecule has 5 heteroatoms. The van der Waals surface area contributed by atoms with E-state index >= 15 is 0 Å². The van der Waals surface area contributed by atoms with E-state index in [-0.39, 0.29) is 0 Å². The van der Waals surface area contributed by atoms with Gasteiger partial charge in [-0.3, -0.25) is 0 Å². The Morgan fingerprint density at radius 1 is 1.25 bits per heavy atom. The normalized spacial score (nSPS) is 10.8. The molecule has 1 aromatic heterocycles. The first-order valence-corrected chi connectivity index (χ1v) is 5.21. The van der Waals surface area contributed by atoms with Crippen LogP contribution in [0.25, 0.3) is 5.69 Å². The maximum absolute atomic E-state index is 13.0. The van der Waals surface area contributed by atoms with Crippen LogP contribution in [0, 0.1) is 18.6 Å². The molecule has 0 fully saturated rings. The summed E-state index contributed by atoms with van der Waals surface area (Å²) >= 11 is 5.69. The summed E-state index contributed by atoms with van der Waals surface area (Å²) in [6.07, 6.45) is 1.66. The average molecular weight is 243 g/mol. The maximum Gasteiger partial charge on any atom is 0.128 e. The Morgan fingerprint density at radius 3 is 2.38 bits per heavy atom. The summed E-state index contributed by atoms with van der Waals surface area (Å²) in [5.41, 5.74) is 1.93. The smallest absolute Gasteiger partial charge is 0.128 e. The lowest BCUT2D eigenvalue weighted by Gasteiger charge is -2.01. The number of halogens is 3. The molecule has 0 amide bonds. The van der Waals surface area contributed by atoms with Crippen molar-refractivity contribution in [3.05, 3.63) is 47.3 Å². The molecule has 0 spiro atoms. The number of benzene rings is 1. The van der Waals surface area contributed by atoms with E-state index in [4.69, 9.17) is 11.6 Å². The summed E-state index contributed by atoms with van der Waals surface area (Å²) in [4.78, 5) is 0. The second-order valence-corrected chi connectivity index (χ2v) is 3.71. The van der Waals surface area contributed by atoms with Gasteiger partial charge in [-0.2, -0.15) is 5.10 Å². The highest BCUT2D eigenvalue weighted by molar-refractivity contribution is 6.17. The summed E-state index contributed by atoms with van der Waals surface area (Å²) < 4.78 is 27.4. The van der Waals surface area contributed by atoms with Crippen LogP contribution in [0.2, 0.25) is 0 Å². The fraction of sp³-hybridized carbons (Fsp3) is 0.182. The highest BCUT2D eigenvalue weighted by Gasteiger charge is 2.07. The van der Waals surface area contributed by atoms with Crippen molar-refractivity contribution in [1.82, 2.24) is 9.78 Å². The SMILES string of the molecule is Cc1nn(-c2cc(F)cc(F)c2)cc1CCl. The molecule has 0 atom stereocenters. The molecule has 16 heavy (non-hydrogen) atoms. The van der Waals surface area contributed by atoms with Gasteiger partial charge in [-0.1, -0.05) is 0 Å². The van der Waals surface area contributed by atoms with E-state index in [2.05, 4.69) is 5.10 Å². The molecule has 2 rings (SSSR count). The van der Waals surface area contributed by atoms with Gasteiger partial charge in [0, 0.05) is 17.8 Å². The second-order valence-electron chi connectivity index (χ2n) is 3.45. The van der Waals surface area contributed by atoms with Crippen LogP contribution in [0.5, 0.6) is 0 Å². The van der Waals surface area contributed by atoms with Gasteiger partial charge in [0.1, 0.15) is 11.6 Å². The Hall–Kier alpha value is -1.42. The molecule has 1 heterocycles. The lowest BCUT2D eigenvalue weighted by molar-refractivity contribution is 0.580. The molecule has 0 radical (unpaired) electrons. The molecule has 0 unspecified atom stereocenters. The molecular weight excluding hydrogens is 234 g/mol. The van der Waals surface area contributed by atoms with Crippen molar-refractivity contribution in [3.8, 4) is 5.69 Å². The highest BCUT2D eigenvalue weighted by Crippen LogP contribution is 2.16. The number of hydrogen-bond donors (Lipinski definition) is 0. The van der Waals surface area contributed by atoms with Gasteiger partial charge in [-0.05, 0) is 19.1 Å². The molecule has 0 saturated heterocycles. The summed E-state index contributed by atoms with van der Waals surface area (Å²) in [6.45, 7) is 1.80. The number of alkyl halides is 1. The van der Waals surface area contributed by atoms with Crippen LogP contribution in [0.3, 0.4) is 0 Å². The van der Waals surface area contributed by atoms with Gasteiger partial charge in [-0.15, -0.1) is 11.6 Å². The minimum Gasteiger partial charge on any atom is -0.240 e. The Labute approximate surface area is 96.5 Å². The van der Waals surface area contributed by atoms with Crippen molar-refractivity contribution in [3.63, 3.8) is 0 Å². The lowest BCUT2D eigenvalue weighted by atomic mass is 10.3. The molecular formula is C11H9ClF2N2. The zero-order valence-corrected chi connectivity index (χ0v) is 9.30. The molecule has 1 aromatic carbocycles. The van der Waals surface area contributed by atoms with Crippen LogP contribution in [0.15, 0.2) is 24.4 Å². The van der Waals surface area contributed by atoms with Crippen molar-refractivity contribution < 1.29 is 8.78 Å². The van der Waals surface area contributed by atoms with E-state index in [9.17, 15) is 8.78 Å². The zero-order valence-electron chi connectivity index (χ0n) is 8.54. The average Bonchev–Trinajstić information content (AvgIpc) is 2.58. The molecule has 0 N–H and O–H groups in total. The predicted molar refractivity (Wildman–Crippen MR) is 57.8 cm³/mol. The summed E-state index contributed by atoms with van der Waals surface area (Å²) in [5, 5.41) is 4.13. The van der Waals surface area contributed by atoms with Gasteiger partial charge in [0.05, 0.1) is 17.3 Å². The minimum atomic E-state index is -0.629. The monoisotopic (exact) mass is 242 g/mol. The number of aryl methyl sites for hydroxylation is 1. The fourth-order valence-electron chi connectivity index (χ4n) is 1.43.